The summed E-state index contributed by atoms with van der Waals surface area (Å²) in [4.78, 5) is 117. The Labute approximate surface area is 779 Å². The average Bonchev–Trinajstić information content (AvgIpc) is 1.65. The number of thioether (sulfide) groups is 1. The Hall–Kier alpha value is -8.83. The number of ether oxygens (including phenoxy) is 4. The Bertz CT molecular complexity index is 6150. The van der Waals surface area contributed by atoms with Crippen molar-refractivity contribution in [2.45, 2.75) is 179 Å². The maximum atomic E-state index is 13.5. The molecule has 0 saturated carbocycles. The third-order valence-electron chi connectivity index (χ3n) is 28.3. The van der Waals surface area contributed by atoms with Crippen molar-refractivity contribution in [1.82, 2.24) is 58.1 Å². The Kier molecular flexibility index (Phi) is 25.9. The van der Waals surface area contributed by atoms with Crippen molar-refractivity contribution < 1.29 is 18.9 Å². The van der Waals surface area contributed by atoms with Crippen LogP contribution < -0.4 is 81.6 Å². The van der Waals surface area contributed by atoms with Gasteiger partial charge in [0.1, 0.15) is 27.7 Å². The fourth-order valence-corrected chi connectivity index (χ4v) is 22.3. The third-order valence-corrected chi connectivity index (χ3v) is 31.8. The summed E-state index contributed by atoms with van der Waals surface area (Å²) in [6.45, 7) is 22.6. The van der Waals surface area contributed by atoms with Crippen LogP contribution in [0.5, 0.6) is 0 Å². The van der Waals surface area contributed by atoms with Gasteiger partial charge in [0.15, 0.2) is 5.15 Å². The van der Waals surface area contributed by atoms with Crippen LogP contribution in [0.2, 0.25) is 30.4 Å². The molecule has 4 spiro atoms. The molecule has 12 aliphatic rings. The minimum Gasteiger partial charge on any atom is -0.384 e. The summed E-state index contributed by atoms with van der Waals surface area (Å²) in [7, 11) is 7.02. The van der Waals surface area contributed by atoms with Crippen molar-refractivity contribution in [3.8, 4) is 0 Å². The van der Waals surface area contributed by atoms with Crippen LogP contribution in [0.1, 0.15) is 155 Å². The number of anilines is 7. The minimum atomic E-state index is -0.182. The van der Waals surface area contributed by atoms with Gasteiger partial charge in [-0.05, 0) is 117 Å². The van der Waals surface area contributed by atoms with E-state index in [1.807, 2.05) is 41.5 Å². The Morgan fingerprint density at radius 3 is 1.11 bits per heavy atom. The van der Waals surface area contributed by atoms with Crippen LogP contribution in [-0.4, -0.2) is 214 Å². The number of nitrogens with one attached hydrogen (secondary N) is 1. The molecule has 0 aliphatic carbocycles. The number of rotatable bonds is 10. The second-order valence-corrected chi connectivity index (χ2v) is 39.4. The number of nitrogens with two attached hydrogens (primary N) is 6. The Balaban J connectivity index is 0.000000121. The number of pyridine rings is 4. The fourth-order valence-electron chi connectivity index (χ4n) is 20.1. The average molecular weight is 1900 g/mol. The molecule has 8 atom stereocenters. The molecule has 129 heavy (non-hydrogen) atoms. The standard InChI is InChI=1S/C24H32ClN7O2.C21H25Cl2N7O2.C21H24Cl2N6O2.C21H26ClN7O2S/c1-13(2)29-21-18(25)15(5-8-27-21)19-17-16(11-28-19)30-23(31(4)22(17)33)32-9-6-24(7-10-32)12-34-14(3)20(24)26;1-10-17(25)21(9-32-10)3-5-30(6-4-21)20-27-12-8-26-16(14(12)19(31)29(20)2)11-7-13(24)28-18(23)15(11)22;1-11-17(24)21(10-31-11)4-7-29(8-5-21)20-27-13-9-26-16(14(13)19(30)28(20)2)12-3-6-25-18(23)15(12)22;1-11-16(23)21(10-31-11)4-7-29(8-5-21)20-27-12-9-26-18(14(12)19(30)28(20)2)32-13-3-6-25-17(24)15(13)22/h5,8,13-14,20H,6-7,9-12,26H2,1-4H3,(H,27,29);7,10,17H,3-6,8-9,25H2,1-2H3,(H2,24,28);3,6,11,17H,4-5,7-10,24H2,1-2H3;3,6,11,16H,4-5,7-10,23H2,1-2H3,(H2,24,25)/t14-,20+;10-,17+;11-,17+;11-,16+/m0000/s1. The number of piperidine rings is 4. The van der Waals surface area contributed by atoms with Crippen LogP contribution in [0.4, 0.5) is 41.2 Å². The normalized spacial score (nSPS) is 24.1. The maximum Gasteiger partial charge on any atom is 0.265 e. The largest absolute Gasteiger partial charge is 0.384 e. The quantitative estimate of drug-likeness (QED) is 0.0636. The topological polar surface area (TPSA) is 459 Å². The van der Waals surface area contributed by atoms with Gasteiger partial charge in [0, 0.05) is 173 Å². The summed E-state index contributed by atoms with van der Waals surface area (Å²) in [6, 6.07) is 7.19. The molecule has 42 heteroatoms. The van der Waals surface area contributed by atoms with Gasteiger partial charge in [-0.2, -0.15) is 0 Å². The SMILES string of the molecule is CC(C)Nc1nccc(C2=NCc3nc(N4CCC5(CC4)CO[C@@H](C)[C@H]5N)n(C)c(=O)c32)c1Cl.C[C@@H]1OCC2(CCN(c3nc4c(c(=O)n3C)C(Sc3ccnc(N)c3Cl)=NC4)CC2)[C@@H]1N.C[C@@H]1OCC2(CCN(c3nc4c(c(=O)n3C)C(c3cc(N)nc(Cl)c3Cl)=NC4)CC2)[C@@H]1N.C[C@@H]1OCC2(CCN(c3nc4c(c(=O)n3C)C(c3ccnc(Cl)c3Cl)=NC4)CC2)[C@@H]1N. The van der Waals surface area contributed by atoms with E-state index in [0.29, 0.717) is 175 Å². The van der Waals surface area contributed by atoms with Gasteiger partial charge in [-0.3, -0.25) is 57.4 Å². The maximum absolute atomic E-state index is 13.5. The summed E-state index contributed by atoms with van der Waals surface area (Å²) in [6.07, 6.45) is 12.5. The Morgan fingerprint density at radius 2 is 0.744 bits per heavy atom. The van der Waals surface area contributed by atoms with E-state index >= 15 is 0 Å². The lowest BCUT2D eigenvalue weighted by Crippen LogP contribution is -2.51. The first-order valence-corrected chi connectivity index (χ1v) is 46.6. The molecule has 0 unspecified atom stereocenters. The summed E-state index contributed by atoms with van der Waals surface area (Å²) in [5, 5.41) is 5.42. The number of aromatic nitrogens is 12. The molecule has 0 amide bonds. The van der Waals surface area contributed by atoms with Crippen molar-refractivity contribution in [2.75, 3.05) is 115 Å². The first-order valence-electron chi connectivity index (χ1n) is 43.6. The molecule has 20 heterocycles. The lowest BCUT2D eigenvalue weighted by molar-refractivity contribution is 0.0972. The van der Waals surface area contributed by atoms with Gasteiger partial charge >= 0.3 is 0 Å². The van der Waals surface area contributed by atoms with E-state index in [4.69, 9.17) is 143 Å². The number of nitrogen functional groups attached to an aromatic ring is 2. The highest BCUT2D eigenvalue weighted by atomic mass is 35.5. The van der Waals surface area contributed by atoms with Crippen LogP contribution in [-0.2, 0) is 73.3 Å². The zero-order valence-electron chi connectivity index (χ0n) is 73.6. The van der Waals surface area contributed by atoms with Gasteiger partial charge in [0.25, 0.3) is 22.2 Å². The second kappa shape index (κ2) is 36.3. The number of hydrogen-bond acceptors (Lipinski definition) is 32. The van der Waals surface area contributed by atoms with Crippen molar-refractivity contribution in [3.63, 3.8) is 0 Å². The van der Waals surface area contributed by atoms with Crippen molar-refractivity contribution in [3.05, 3.63) is 176 Å². The predicted molar refractivity (Wildman–Crippen MR) is 506 cm³/mol. The number of aliphatic imine (C=N–C) groups is 4. The van der Waals surface area contributed by atoms with Crippen LogP contribution in [0.3, 0.4) is 0 Å². The van der Waals surface area contributed by atoms with E-state index in [9.17, 15) is 19.2 Å². The minimum absolute atomic E-state index is 0.000908. The molecule has 0 radical (unpaired) electrons. The van der Waals surface area contributed by atoms with Gasteiger partial charge in [0.05, 0.1) is 159 Å². The fraction of sp³-hybridized carbons (Fsp3) is 0.540. The molecule has 8 fully saturated rings. The molecular weight excluding hydrogens is 1800 g/mol. The van der Waals surface area contributed by atoms with Crippen LogP contribution in [0.25, 0.3) is 0 Å². The molecule has 8 aromatic heterocycles. The molecule has 8 saturated heterocycles. The van der Waals surface area contributed by atoms with Crippen LogP contribution in [0.15, 0.2) is 86.9 Å². The smallest absolute Gasteiger partial charge is 0.265 e. The highest BCUT2D eigenvalue weighted by Gasteiger charge is 2.53. The van der Waals surface area contributed by atoms with E-state index in [0.717, 1.165) is 104 Å². The molecule has 13 N–H and O–H groups in total. The zero-order valence-corrected chi connectivity index (χ0v) is 78.9. The lowest BCUT2D eigenvalue weighted by Gasteiger charge is -2.41. The molecule has 0 aromatic carbocycles. The highest BCUT2D eigenvalue weighted by Crippen LogP contribution is 2.48. The summed E-state index contributed by atoms with van der Waals surface area (Å²) in [5.41, 5.74) is 44.9. The van der Waals surface area contributed by atoms with Gasteiger partial charge in [-0.1, -0.05) is 81.4 Å². The van der Waals surface area contributed by atoms with Crippen molar-refractivity contribution >= 4 is 145 Å². The van der Waals surface area contributed by atoms with Gasteiger partial charge in [-0.15, -0.1) is 0 Å². The van der Waals surface area contributed by atoms with Crippen LogP contribution in [0, 0.1) is 21.7 Å². The Morgan fingerprint density at radius 1 is 0.419 bits per heavy atom. The van der Waals surface area contributed by atoms with Gasteiger partial charge < -0.3 is 78.3 Å². The summed E-state index contributed by atoms with van der Waals surface area (Å²) in [5.74, 6) is 3.69. The van der Waals surface area contributed by atoms with E-state index in [-0.39, 0.29) is 137 Å². The molecule has 35 nitrogen and oxygen atoms in total. The number of halogens is 6. The second-order valence-electron chi connectivity index (χ2n) is 36.2. The van der Waals surface area contributed by atoms with Gasteiger partial charge in [0.2, 0.25) is 23.8 Å². The van der Waals surface area contributed by atoms with Crippen molar-refractivity contribution in [2.24, 2.45) is 92.8 Å². The molecule has 8 aromatic rings. The van der Waals surface area contributed by atoms with E-state index in [1.165, 1.54) is 11.8 Å². The molecular formula is C87H107Cl6N27O8S. The zero-order chi connectivity index (χ0) is 91.5. The summed E-state index contributed by atoms with van der Waals surface area (Å²) < 4.78 is 29.7. The molecule has 20 rings (SSSR count). The molecule has 686 valence electrons. The van der Waals surface area contributed by atoms with E-state index < -0.39 is 0 Å². The highest BCUT2D eigenvalue weighted by molar-refractivity contribution is 8.14. The predicted octanol–water partition coefficient (Wildman–Crippen LogP) is 8.04. The lowest BCUT2D eigenvalue weighted by atomic mass is 9.73. The van der Waals surface area contributed by atoms with Gasteiger partial charge in [-0.25, -0.2) is 39.9 Å². The number of hydrogen-bond donors (Lipinski definition) is 7. The van der Waals surface area contributed by atoms with E-state index in [1.54, 1.807) is 89.3 Å². The van der Waals surface area contributed by atoms with E-state index in [2.05, 4.69) is 64.8 Å². The van der Waals surface area contributed by atoms with Crippen LogP contribution >= 0.6 is 81.4 Å². The number of nitrogens with zero attached hydrogens (tertiary/aromatic N) is 20. The van der Waals surface area contributed by atoms with Crippen molar-refractivity contribution in [1.29, 1.82) is 0 Å². The monoisotopic (exact) mass is 1900 g/mol. The molecule has 0 bridgehead atoms. The summed E-state index contributed by atoms with van der Waals surface area (Å²) >= 11 is 39.1. The number of fused-ring (bicyclic) bond motifs is 4. The molecule has 12 aliphatic heterocycles. The first kappa shape index (κ1) is 92.0. The third kappa shape index (κ3) is 16.7. The first-order chi connectivity index (χ1) is 61.6.